The first-order valence-corrected chi connectivity index (χ1v) is 6.67. The van der Waals surface area contributed by atoms with Gasteiger partial charge in [-0.3, -0.25) is 4.79 Å². The Labute approximate surface area is 122 Å². The minimum Gasteiger partial charge on any atom is -0.495 e. The Kier molecular flexibility index (Phi) is 5.38. The number of halogens is 1. The Balaban J connectivity index is 3.00. The summed E-state index contributed by atoms with van der Waals surface area (Å²) < 4.78 is 16.5. The fourth-order valence-corrected chi connectivity index (χ4v) is 2.14. The van der Waals surface area contributed by atoms with Crippen molar-refractivity contribution >= 4 is 21.7 Å². The van der Waals surface area contributed by atoms with E-state index in [0.29, 0.717) is 21.5 Å². The molecule has 1 rings (SSSR count). The van der Waals surface area contributed by atoms with Gasteiger partial charge in [-0.05, 0) is 48.8 Å². The second-order valence-corrected chi connectivity index (χ2v) is 5.78. The van der Waals surface area contributed by atoms with Gasteiger partial charge in [-0.1, -0.05) is 0 Å². The van der Waals surface area contributed by atoms with Crippen LogP contribution >= 0.6 is 15.9 Å². The molecular weight excluding hydrogens is 312 g/mol. The van der Waals surface area contributed by atoms with Crippen LogP contribution in [0.3, 0.4) is 0 Å². The van der Waals surface area contributed by atoms with Gasteiger partial charge in [-0.2, -0.15) is 0 Å². The van der Waals surface area contributed by atoms with Crippen LogP contribution in [0.4, 0.5) is 0 Å². The van der Waals surface area contributed by atoms with Gasteiger partial charge in [-0.25, -0.2) is 0 Å². The Morgan fingerprint density at radius 1 is 1.21 bits per heavy atom. The van der Waals surface area contributed by atoms with Gasteiger partial charge < -0.3 is 14.2 Å². The smallest absolute Gasteiger partial charge is 0.192 e. The number of carbonyl (C=O) groups excluding carboxylic acids is 1. The SMILES string of the molecule is COc1ccc(C(=O)COC(C)(C)C)c(OC)c1Br. The molecule has 1 aromatic carbocycles. The number of carbonyl (C=O) groups is 1. The number of hydrogen-bond donors (Lipinski definition) is 0. The normalized spacial score (nSPS) is 11.3. The lowest BCUT2D eigenvalue weighted by molar-refractivity contribution is 0.00295. The van der Waals surface area contributed by atoms with Crippen molar-refractivity contribution < 1.29 is 19.0 Å². The van der Waals surface area contributed by atoms with Crippen molar-refractivity contribution in [3.05, 3.63) is 22.2 Å². The van der Waals surface area contributed by atoms with Crippen LogP contribution in [0.5, 0.6) is 11.5 Å². The molecule has 0 aliphatic carbocycles. The number of Topliss-reactive ketones (excluding diaryl/α,β-unsaturated/α-hetero) is 1. The van der Waals surface area contributed by atoms with Crippen molar-refractivity contribution in [1.29, 1.82) is 0 Å². The molecule has 5 heteroatoms. The van der Waals surface area contributed by atoms with Crippen LogP contribution < -0.4 is 9.47 Å². The monoisotopic (exact) mass is 330 g/mol. The summed E-state index contributed by atoms with van der Waals surface area (Å²) in [6.07, 6.45) is 0. The van der Waals surface area contributed by atoms with Gasteiger partial charge in [0.15, 0.2) is 5.78 Å². The molecule has 0 unspecified atom stereocenters. The van der Waals surface area contributed by atoms with E-state index in [0.717, 1.165) is 0 Å². The first-order valence-electron chi connectivity index (χ1n) is 5.87. The number of methoxy groups -OCH3 is 2. The molecule has 0 amide bonds. The van der Waals surface area contributed by atoms with Crippen LogP contribution in [0.25, 0.3) is 0 Å². The summed E-state index contributed by atoms with van der Waals surface area (Å²) in [5, 5.41) is 0. The van der Waals surface area contributed by atoms with E-state index in [2.05, 4.69) is 15.9 Å². The first-order chi connectivity index (χ1) is 8.80. The number of benzene rings is 1. The number of ether oxygens (including phenoxy) is 3. The minimum absolute atomic E-state index is 0.0125. The predicted octanol–water partition coefficient (Wildman–Crippen LogP) is 3.46. The molecule has 0 aliphatic rings. The highest BCUT2D eigenvalue weighted by Gasteiger charge is 2.20. The zero-order valence-corrected chi connectivity index (χ0v) is 13.5. The Hall–Kier alpha value is -1.07. The Morgan fingerprint density at radius 2 is 1.84 bits per heavy atom. The fourth-order valence-electron chi connectivity index (χ4n) is 1.47. The summed E-state index contributed by atoms with van der Waals surface area (Å²) >= 11 is 3.37. The van der Waals surface area contributed by atoms with Crippen LogP contribution in [0.1, 0.15) is 31.1 Å². The van der Waals surface area contributed by atoms with E-state index in [-0.39, 0.29) is 18.0 Å². The first kappa shape index (κ1) is 16.0. The average Bonchev–Trinajstić information content (AvgIpc) is 2.34. The third kappa shape index (κ3) is 4.21. The Bertz CT molecular complexity index is 463. The maximum Gasteiger partial charge on any atom is 0.192 e. The van der Waals surface area contributed by atoms with Crippen molar-refractivity contribution in [3.63, 3.8) is 0 Å². The van der Waals surface area contributed by atoms with Crippen molar-refractivity contribution in [2.24, 2.45) is 0 Å². The zero-order valence-electron chi connectivity index (χ0n) is 11.9. The molecule has 0 spiro atoms. The van der Waals surface area contributed by atoms with Gasteiger partial charge in [0.25, 0.3) is 0 Å². The van der Waals surface area contributed by atoms with E-state index < -0.39 is 0 Å². The van der Waals surface area contributed by atoms with Crippen molar-refractivity contribution in [1.82, 2.24) is 0 Å². The summed E-state index contributed by atoms with van der Waals surface area (Å²) in [7, 11) is 3.07. The second-order valence-electron chi connectivity index (χ2n) is 4.99. The van der Waals surface area contributed by atoms with E-state index in [9.17, 15) is 4.79 Å². The molecule has 0 heterocycles. The minimum atomic E-state index is -0.355. The third-order valence-electron chi connectivity index (χ3n) is 2.42. The lowest BCUT2D eigenvalue weighted by Gasteiger charge is -2.19. The predicted molar refractivity (Wildman–Crippen MR) is 77.3 cm³/mol. The quantitative estimate of drug-likeness (QED) is 0.775. The van der Waals surface area contributed by atoms with Crippen LogP contribution in [0.15, 0.2) is 16.6 Å². The molecule has 106 valence electrons. The zero-order chi connectivity index (χ0) is 14.6. The van der Waals surface area contributed by atoms with Gasteiger partial charge in [0.1, 0.15) is 22.6 Å². The van der Waals surface area contributed by atoms with E-state index in [1.807, 2.05) is 20.8 Å². The molecule has 0 aromatic heterocycles. The molecule has 19 heavy (non-hydrogen) atoms. The van der Waals surface area contributed by atoms with Crippen molar-refractivity contribution in [3.8, 4) is 11.5 Å². The molecule has 0 N–H and O–H groups in total. The van der Waals surface area contributed by atoms with Gasteiger partial charge in [0, 0.05) is 0 Å². The topological polar surface area (TPSA) is 44.8 Å². The van der Waals surface area contributed by atoms with Crippen molar-refractivity contribution in [2.75, 3.05) is 20.8 Å². The van der Waals surface area contributed by atoms with Gasteiger partial charge in [0.05, 0.1) is 25.4 Å². The van der Waals surface area contributed by atoms with Crippen LogP contribution in [-0.2, 0) is 4.74 Å². The van der Waals surface area contributed by atoms with Crippen LogP contribution in [-0.4, -0.2) is 32.2 Å². The molecule has 0 bridgehead atoms. The van der Waals surface area contributed by atoms with E-state index in [4.69, 9.17) is 14.2 Å². The molecule has 0 atom stereocenters. The molecule has 4 nitrogen and oxygen atoms in total. The van der Waals surface area contributed by atoms with E-state index in [1.54, 1.807) is 19.2 Å². The third-order valence-corrected chi connectivity index (χ3v) is 3.17. The number of hydrogen-bond acceptors (Lipinski definition) is 4. The lowest BCUT2D eigenvalue weighted by atomic mass is 10.1. The van der Waals surface area contributed by atoms with Crippen LogP contribution in [0, 0.1) is 0 Å². The van der Waals surface area contributed by atoms with Crippen LogP contribution in [0.2, 0.25) is 0 Å². The van der Waals surface area contributed by atoms with Gasteiger partial charge in [0.2, 0.25) is 0 Å². The number of rotatable bonds is 5. The molecule has 0 saturated carbocycles. The maximum absolute atomic E-state index is 12.2. The molecule has 0 fully saturated rings. The highest BCUT2D eigenvalue weighted by atomic mass is 79.9. The summed E-state index contributed by atoms with van der Waals surface area (Å²) in [4.78, 5) is 12.2. The van der Waals surface area contributed by atoms with E-state index in [1.165, 1.54) is 7.11 Å². The summed E-state index contributed by atoms with van der Waals surface area (Å²) in [6.45, 7) is 5.73. The molecular formula is C14H19BrO4. The van der Waals surface area contributed by atoms with Gasteiger partial charge >= 0.3 is 0 Å². The second kappa shape index (κ2) is 6.39. The highest BCUT2D eigenvalue weighted by Crippen LogP contribution is 2.37. The lowest BCUT2D eigenvalue weighted by Crippen LogP contribution is -2.24. The maximum atomic E-state index is 12.2. The standard InChI is InChI=1S/C14H19BrO4/c1-14(2,3)19-8-10(16)9-6-7-11(17-4)12(15)13(9)18-5/h6-7H,8H2,1-5H3. The molecule has 0 radical (unpaired) electrons. The highest BCUT2D eigenvalue weighted by molar-refractivity contribution is 9.10. The fraction of sp³-hybridized carbons (Fsp3) is 0.500. The van der Waals surface area contributed by atoms with Crippen molar-refractivity contribution in [2.45, 2.75) is 26.4 Å². The molecule has 0 saturated heterocycles. The Morgan fingerprint density at radius 3 is 2.32 bits per heavy atom. The summed E-state index contributed by atoms with van der Waals surface area (Å²) in [6, 6.07) is 3.40. The van der Waals surface area contributed by atoms with E-state index >= 15 is 0 Å². The molecule has 1 aromatic rings. The average molecular weight is 331 g/mol. The summed E-state index contributed by atoms with van der Waals surface area (Å²) in [5.74, 6) is 0.946. The van der Waals surface area contributed by atoms with Gasteiger partial charge in [-0.15, -0.1) is 0 Å². The largest absolute Gasteiger partial charge is 0.495 e. The molecule has 0 aliphatic heterocycles. The number of ketones is 1. The summed E-state index contributed by atoms with van der Waals surface area (Å²) in [5.41, 5.74) is 0.117.